The lowest BCUT2D eigenvalue weighted by molar-refractivity contribution is -0.162. The molecule has 3 rings (SSSR count). The first-order valence-corrected chi connectivity index (χ1v) is 14.1. The normalized spacial score (nSPS) is 19.3. The number of para-hydroxylation sites is 1. The molecule has 0 aliphatic carbocycles. The van der Waals surface area contributed by atoms with Crippen LogP contribution in [0.3, 0.4) is 0 Å². The van der Waals surface area contributed by atoms with Crippen molar-refractivity contribution >= 4 is 25.9 Å². The fraction of sp³-hybridized carbons (Fsp3) is 0.320. The van der Waals surface area contributed by atoms with E-state index in [4.69, 9.17) is 14.2 Å². The van der Waals surface area contributed by atoms with Gasteiger partial charge in [0.2, 0.25) is 0 Å². The van der Waals surface area contributed by atoms with Gasteiger partial charge in [-0.05, 0) is 37.3 Å². The van der Waals surface area contributed by atoms with Crippen molar-refractivity contribution in [1.29, 1.82) is 0 Å². The maximum atomic E-state index is 13.4. The number of hydrogen-bond acceptors (Lipinski definition) is 6. The molecule has 2 aromatic rings. The summed E-state index contributed by atoms with van der Waals surface area (Å²) >= 11 is 0. The molecule has 2 aromatic carbocycles. The predicted molar refractivity (Wildman–Crippen MR) is 126 cm³/mol. The molecule has 0 fully saturated rings. The second-order valence-electron chi connectivity index (χ2n) is 8.59. The molecule has 0 radical (unpaired) electrons. The lowest BCUT2D eigenvalue weighted by Crippen LogP contribution is -2.66. The Bertz CT molecular complexity index is 1130. The molecular weight excluding hydrogens is 438 g/mol. The van der Waals surface area contributed by atoms with Crippen molar-refractivity contribution in [2.45, 2.75) is 38.0 Å². The number of amides is 1. The highest BCUT2D eigenvalue weighted by atomic mass is 28.3. The van der Waals surface area contributed by atoms with Crippen molar-refractivity contribution in [3.05, 3.63) is 59.7 Å². The van der Waals surface area contributed by atoms with E-state index in [9.17, 15) is 14.4 Å². The summed E-state index contributed by atoms with van der Waals surface area (Å²) in [6.45, 7) is 7.79. The molecule has 0 saturated carbocycles. The minimum atomic E-state index is -2.16. The topological polar surface area (TPSA) is 90.9 Å². The van der Waals surface area contributed by atoms with Crippen LogP contribution in [0.25, 0.3) is 0 Å². The highest BCUT2D eigenvalue weighted by Gasteiger charge is 2.60. The maximum absolute atomic E-state index is 13.4. The average molecular weight is 466 g/mol. The van der Waals surface area contributed by atoms with Gasteiger partial charge in [0, 0.05) is 11.1 Å². The van der Waals surface area contributed by atoms with E-state index in [-0.39, 0.29) is 12.2 Å². The zero-order valence-electron chi connectivity index (χ0n) is 19.4. The minimum Gasteiger partial charge on any atom is -0.497 e. The zero-order valence-corrected chi connectivity index (χ0v) is 20.4. The number of hydrogen-bond donors (Lipinski definition) is 1. The Morgan fingerprint density at radius 1 is 1.12 bits per heavy atom. The summed E-state index contributed by atoms with van der Waals surface area (Å²) in [6, 6.07) is 13.2. The van der Waals surface area contributed by atoms with Crippen LogP contribution in [0.1, 0.15) is 28.8 Å². The number of nitrogens with one attached hydrogen (secondary N) is 1. The molecule has 8 heteroatoms. The van der Waals surface area contributed by atoms with Crippen molar-refractivity contribution in [2.24, 2.45) is 0 Å². The molecule has 1 amide bonds. The Hall–Kier alpha value is -3.57. The number of carbonyl (C=O) groups excluding carboxylic acids is 3. The largest absolute Gasteiger partial charge is 0.497 e. The van der Waals surface area contributed by atoms with Crippen LogP contribution in [0.4, 0.5) is 0 Å². The summed E-state index contributed by atoms with van der Waals surface area (Å²) in [5, 5.41) is 2.63. The first-order valence-electron chi connectivity index (χ1n) is 10.6. The zero-order chi connectivity index (χ0) is 24.2. The van der Waals surface area contributed by atoms with Crippen molar-refractivity contribution in [3.63, 3.8) is 0 Å². The van der Waals surface area contributed by atoms with Gasteiger partial charge in [-0.25, -0.2) is 9.59 Å². The number of benzene rings is 2. The maximum Gasteiger partial charge on any atom is 0.350 e. The Kier molecular flexibility index (Phi) is 6.94. The van der Waals surface area contributed by atoms with Gasteiger partial charge >= 0.3 is 11.9 Å². The Morgan fingerprint density at radius 3 is 2.39 bits per heavy atom. The van der Waals surface area contributed by atoms with Crippen LogP contribution in [0.15, 0.2) is 48.5 Å². The van der Waals surface area contributed by atoms with Crippen LogP contribution in [0.2, 0.25) is 19.6 Å². The quantitative estimate of drug-likeness (QED) is 0.240. The number of ether oxygens (including phenoxy) is 3. The second-order valence-corrected chi connectivity index (χ2v) is 13.3. The van der Waals surface area contributed by atoms with Gasteiger partial charge in [0.1, 0.15) is 19.6 Å². The lowest BCUT2D eigenvalue weighted by Gasteiger charge is -2.38. The molecule has 33 heavy (non-hydrogen) atoms. The van der Waals surface area contributed by atoms with Crippen LogP contribution < -0.4 is 14.8 Å². The van der Waals surface area contributed by atoms with Gasteiger partial charge in [0.15, 0.2) is 0 Å². The monoisotopic (exact) mass is 465 g/mol. The summed E-state index contributed by atoms with van der Waals surface area (Å²) in [7, 11) is -0.391. The molecule has 1 aliphatic heterocycles. The van der Waals surface area contributed by atoms with Crippen molar-refractivity contribution in [1.82, 2.24) is 5.32 Å². The average Bonchev–Trinajstić information content (AvgIpc) is 2.78. The molecule has 1 N–H and O–H groups in total. The number of methoxy groups -OCH3 is 1. The standard InChI is InChI=1S/C25H27NO6Si/c1-6-31-23(28)25(26-22(27)17-11-13-18(30-2)14-12-17)20(15-16-33(3,4)5)19-9-7-8-10-21(19)32-24(25)29/h7-14,20H,6H2,1-5H3,(H,26,27). The van der Waals surface area contributed by atoms with Crippen molar-refractivity contribution in [2.75, 3.05) is 13.7 Å². The molecule has 172 valence electrons. The first kappa shape index (κ1) is 24.1. The van der Waals surface area contributed by atoms with E-state index in [1.54, 1.807) is 43.3 Å². The smallest absolute Gasteiger partial charge is 0.350 e. The Balaban J connectivity index is 2.18. The highest BCUT2D eigenvalue weighted by molar-refractivity contribution is 6.83. The van der Waals surface area contributed by atoms with Crippen LogP contribution >= 0.6 is 0 Å². The molecule has 0 aromatic heterocycles. The summed E-state index contributed by atoms with van der Waals surface area (Å²) in [4.78, 5) is 39.9. The summed E-state index contributed by atoms with van der Waals surface area (Å²) in [6.07, 6.45) is 0. The summed E-state index contributed by atoms with van der Waals surface area (Å²) in [5.41, 5.74) is 1.85. The molecule has 0 bridgehead atoms. The summed E-state index contributed by atoms with van der Waals surface area (Å²) in [5.74, 6) is 0.527. The number of rotatable bonds is 5. The van der Waals surface area contributed by atoms with Gasteiger partial charge in [0.05, 0.1) is 19.6 Å². The fourth-order valence-electron chi connectivity index (χ4n) is 3.43. The molecule has 0 saturated heterocycles. The number of carbonyl (C=O) groups is 3. The van der Waals surface area contributed by atoms with Gasteiger partial charge in [-0.1, -0.05) is 43.8 Å². The van der Waals surface area contributed by atoms with Gasteiger partial charge in [0.25, 0.3) is 11.4 Å². The third kappa shape index (κ3) is 4.93. The molecule has 2 unspecified atom stereocenters. The molecule has 7 nitrogen and oxygen atoms in total. The Morgan fingerprint density at radius 2 is 1.79 bits per heavy atom. The lowest BCUT2D eigenvalue weighted by atomic mass is 9.77. The van der Waals surface area contributed by atoms with Crippen LogP contribution in [0.5, 0.6) is 11.5 Å². The highest BCUT2D eigenvalue weighted by Crippen LogP contribution is 2.41. The second kappa shape index (κ2) is 9.51. The van der Waals surface area contributed by atoms with E-state index in [2.05, 4.69) is 36.4 Å². The van der Waals surface area contributed by atoms with Gasteiger partial charge in [-0.15, -0.1) is 5.54 Å². The third-order valence-corrected chi connectivity index (χ3v) is 5.93. The fourth-order valence-corrected chi connectivity index (χ4v) is 4.01. The third-order valence-electron chi connectivity index (χ3n) is 5.04. The van der Waals surface area contributed by atoms with E-state index in [0.29, 0.717) is 17.1 Å². The molecular formula is C25H27NO6Si. The van der Waals surface area contributed by atoms with Crippen molar-refractivity contribution < 1.29 is 28.6 Å². The number of esters is 2. The molecule has 2 atom stereocenters. The van der Waals surface area contributed by atoms with Gasteiger partial charge in [-0.2, -0.15) is 0 Å². The molecule has 0 spiro atoms. The predicted octanol–water partition coefficient (Wildman–Crippen LogP) is 3.31. The van der Waals surface area contributed by atoms with Crippen LogP contribution in [-0.4, -0.2) is 45.2 Å². The molecule has 1 heterocycles. The van der Waals surface area contributed by atoms with E-state index < -0.39 is 37.4 Å². The van der Waals surface area contributed by atoms with E-state index in [0.717, 1.165) is 0 Å². The van der Waals surface area contributed by atoms with Gasteiger partial charge in [-0.3, -0.25) is 4.79 Å². The van der Waals surface area contributed by atoms with Gasteiger partial charge < -0.3 is 19.5 Å². The van der Waals surface area contributed by atoms with E-state index >= 15 is 0 Å². The van der Waals surface area contributed by atoms with Crippen molar-refractivity contribution in [3.8, 4) is 23.0 Å². The first-order chi connectivity index (χ1) is 15.6. The Labute approximate surface area is 194 Å². The SMILES string of the molecule is CCOC(=O)C1(NC(=O)c2ccc(OC)cc2)C(=O)Oc2ccccc2C1C#C[Si](C)(C)C. The molecule has 1 aliphatic rings. The summed E-state index contributed by atoms with van der Waals surface area (Å²) < 4.78 is 15.9. The van der Waals surface area contributed by atoms with E-state index in [1.807, 2.05) is 0 Å². The number of fused-ring (bicyclic) bond motifs is 1. The van der Waals surface area contributed by atoms with Crippen LogP contribution in [0, 0.1) is 11.5 Å². The van der Waals surface area contributed by atoms with Crippen LogP contribution in [-0.2, 0) is 14.3 Å². The minimum absolute atomic E-state index is 0.0160. The van der Waals surface area contributed by atoms with E-state index in [1.165, 1.54) is 19.2 Å².